The summed E-state index contributed by atoms with van der Waals surface area (Å²) in [4.78, 5) is 21.7. The SMILES string of the molecule is O=C(Cn1cc([N+](=O)[O-])cn1)NCC1(O)CCCCC1. The molecule has 8 heteroatoms. The summed E-state index contributed by atoms with van der Waals surface area (Å²) in [5, 5.41) is 27.1. The fourth-order valence-corrected chi connectivity index (χ4v) is 2.39. The van der Waals surface area contributed by atoms with Crippen LogP contribution in [0, 0.1) is 10.1 Å². The number of nitrogens with zero attached hydrogens (tertiary/aromatic N) is 3. The van der Waals surface area contributed by atoms with Crippen LogP contribution in [0.1, 0.15) is 32.1 Å². The van der Waals surface area contributed by atoms with Gasteiger partial charge in [0.05, 0.1) is 10.5 Å². The van der Waals surface area contributed by atoms with E-state index in [1.54, 1.807) is 0 Å². The molecule has 1 aromatic heterocycles. The average Bonchev–Trinajstić information content (AvgIpc) is 2.86. The standard InChI is InChI=1S/C12H18N4O4/c17-11(8-15-7-10(6-14-15)16(19)20)13-9-12(18)4-2-1-3-5-12/h6-7,18H,1-5,8-9H2,(H,13,17). The highest BCUT2D eigenvalue weighted by Gasteiger charge is 2.29. The summed E-state index contributed by atoms with van der Waals surface area (Å²) >= 11 is 0. The highest BCUT2D eigenvalue weighted by Crippen LogP contribution is 2.27. The van der Waals surface area contributed by atoms with Crippen molar-refractivity contribution in [2.75, 3.05) is 6.54 Å². The second-order valence-corrected chi connectivity index (χ2v) is 5.21. The Morgan fingerprint density at radius 2 is 2.20 bits per heavy atom. The first-order chi connectivity index (χ1) is 9.48. The van der Waals surface area contributed by atoms with Crippen LogP contribution in [-0.4, -0.2) is 37.9 Å². The lowest BCUT2D eigenvalue weighted by Crippen LogP contribution is -2.45. The second-order valence-electron chi connectivity index (χ2n) is 5.21. The largest absolute Gasteiger partial charge is 0.388 e. The first-order valence-electron chi connectivity index (χ1n) is 6.64. The van der Waals surface area contributed by atoms with Gasteiger partial charge in [-0.25, -0.2) is 0 Å². The van der Waals surface area contributed by atoms with Crippen LogP contribution < -0.4 is 5.32 Å². The summed E-state index contributed by atoms with van der Waals surface area (Å²) in [6, 6.07) is 0. The molecule has 0 bridgehead atoms. The number of nitrogens with one attached hydrogen (secondary N) is 1. The van der Waals surface area contributed by atoms with E-state index >= 15 is 0 Å². The van der Waals surface area contributed by atoms with Crippen LogP contribution in [0.4, 0.5) is 5.69 Å². The maximum absolute atomic E-state index is 11.7. The number of rotatable bonds is 5. The minimum absolute atomic E-state index is 0.0933. The van der Waals surface area contributed by atoms with Gasteiger partial charge in [-0.05, 0) is 12.8 Å². The van der Waals surface area contributed by atoms with E-state index in [4.69, 9.17) is 0 Å². The maximum atomic E-state index is 11.7. The van der Waals surface area contributed by atoms with Gasteiger partial charge >= 0.3 is 5.69 Å². The van der Waals surface area contributed by atoms with E-state index in [2.05, 4.69) is 10.4 Å². The zero-order valence-corrected chi connectivity index (χ0v) is 11.1. The molecule has 1 amide bonds. The fourth-order valence-electron chi connectivity index (χ4n) is 2.39. The molecular formula is C12H18N4O4. The predicted molar refractivity (Wildman–Crippen MR) is 69.9 cm³/mol. The van der Waals surface area contributed by atoms with Gasteiger partial charge < -0.3 is 10.4 Å². The number of aliphatic hydroxyl groups is 1. The maximum Gasteiger partial charge on any atom is 0.307 e. The number of carbonyl (C=O) groups excluding carboxylic acids is 1. The zero-order valence-electron chi connectivity index (χ0n) is 11.1. The Labute approximate surface area is 115 Å². The Balaban J connectivity index is 1.81. The molecule has 8 nitrogen and oxygen atoms in total. The molecule has 1 aliphatic carbocycles. The summed E-state index contributed by atoms with van der Waals surface area (Å²) in [5.41, 5.74) is -0.965. The van der Waals surface area contributed by atoms with Crippen molar-refractivity contribution in [3.8, 4) is 0 Å². The molecule has 0 spiro atoms. The van der Waals surface area contributed by atoms with E-state index in [0.29, 0.717) is 12.8 Å². The quantitative estimate of drug-likeness (QED) is 0.607. The Hall–Kier alpha value is -1.96. The molecule has 2 N–H and O–H groups in total. The van der Waals surface area contributed by atoms with Crippen molar-refractivity contribution in [3.05, 3.63) is 22.5 Å². The van der Waals surface area contributed by atoms with E-state index in [9.17, 15) is 20.0 Å². The second kappa shape index (κ2) is 6.00. The minimum Gasteiger partial charge on any atom is -0.388 e. The number of nitro groups is 1. The molecule has 20 heavy (non-hydrogen) atoms. The smallest absolute Gasteiger partial charge is 0.307 e. The Kier molecular flexibility index (Phi) is 4.33. The van der Waals surface area contributed by atoms with Gasteiger partial charge in [0.25, 0.3) is 0 Å². The third kappa shape index (κ3) is 3.77. The molecule has 1 aromatic rings. The van der Waals surface area contributed by atoms with Crippen molar-refractivity contribution in [1.82, 2.24) is 15.1 Å². The highest BCUT2D eigenvalue weighted by molar-refractivity contribution is 5.75. The van der Waals surface area contributed by atoms with Crippen LogP contribution in [0.3, 0.4) is 0 Å². The van der Waals surface area contributed by atoms with Gasteiger partial charge in [0.1, 0.15) is 18.9 Å². The summed E-state index contributed by atoms with van der Waals surface area (Å²) in [7, 11) is 0. The molecule has 1 saturated carbocycles. The Bertz CT molecular complexity index is 493. The number of carbonyl (C=O) groups is 1. The molecule has 1 aliphatic rings. The lowest BCUT2D eigenvalue weighted by atomic mass is 9.85. The Morgan fingerprint density at radius 1 is 1.50 bits per heavy atom. The summed E-state index contributed by atoms with van der Waals surface area (Å²) in [6.45, 7) is 0.124. The van der Waals surface area contributed by atoms with E-state index in [0.717, 1.165) is 25.5 Å². The lowest BCUT2D eigenvalue weighted by molar-refractivity contribution is -0.385. The third-order valence-corrected chi connectivity index (χ3v) is 3.53. The number of hydrogen-bond donors (Lipinski definition) is 2. The molecule has 110 valence electrons. The van der Waals surface area contributed by atoms with Gasteiger partial charge in [-0.2, -0.15) is 5.10 Å². The lowest BCUT2D eigenvalue weighted by Gasteiger charge is -2.32. The van der Waals surface area contributed by atoms with E-state index < -0.39 is 10.5 Å². The zero-order chi connectivity index (χ0) is 14.6. The van der Waals surface area contributed by atoms with Crippen LogP contribution in [0.15, 0.2) is 12.4 Å². The molecule has 0 aliphatic heterocycles. The van der Waals surface area contributed by atoms with Gasteiger partial charge in [0.2, 0.25) is 5.91 Å². The molecule has 1 fully saturated rings. The van der Waals surface area contributed by atoms with Gasteiger partial charge in [-0.1, -0.05) is 19.3 Å². The van der Waals surface area contributed by atoms with E-state index in [1.165, 1.54) is 10.9 Å². The molecule has 0 atom stereocenters. The number of hydrogen-bond acceptors (Lipinski definition) is 5. The third-order valence-electron chi connectivity index (χ3n) is 3.53. The van der Waals surface area contributed by atoms with Crippen molar-refractivity contribution >= 4 is 11.6 Å². The van der Waals surface area contributed by atoms with Crippen LogP contribution in [0.5, 0.6) is 0 Å². The molecule has 0 aromatic carbocycles. The molecule has 0 unspecified atom stereocenters. The number of aromatic nitrogens is 2. The first-order valence-corrected chi connectivity index (χ1v) is 6.64. The monoisotopic (exact) mass is 282 g/mol. The molecule has 2 rings (SSSR count). The van der Waals surface area contributed by atoms with Gasteiger partial charge in [-0.3, -0.25) is 19.6 Å². The minimum atomic E-state index is -0.815. The van der Waals surface area contributed by atoms with E-state index in [-0.39, 0.29) is 24.7 Å². The highest BCUT2D eigenvalue weighted by atomic mass is 16.6. The van der Waals surface area contributed by atoms with Crippen molar-refractivity contribution in [3.63, 3.8) is 0 Å². The predicted octanol–water partition coefficient (Wildman–Crippen LogP) is 0.603. The van der Waals surface area contributed by atoms with Crippen LogP contribution in [0.2, 0.25) is 0 Å². The molecule has 0 radical (unpaired) electrons. The normalized spacial score (nSPS) is 17.6. The molecule has 1 heterocycles. The van der Waals surface area contributed by atoms with Crippen molar-refractivity contribution < 1.29 is 14.8 Å². The fraction of sp³-hybridized carbons (Fsp3) is 0.667. The molecular weight excluding hydrogens is 264 g/mol. The first kappa shape index (κ1) is 14.4. The number of amides is 1. The molecule has 0 saturated heterocycles. The topological polar surface area (TPSA) is 110 Å². The summed E-state index contributed by atoms with van der Waals surface area (Å²) < 4.78 is 1.21. The van der Waals surface area contributed by atoms with Gasteiger partial charge in [-0.15, -0.1) is 0 Å². The average molecular weight is 282 g/mol. The van der Waals surface area contributed by atoms with Crippen LogP contribution >= 0.6 is 0 Å². The summed E-state index contributed by atoms with van der Waals surface area (Å²) in [5.74, 6) is -0.318. The van der Waals surface area contributed by atoms with Crippen LogP contribution in [-0.2, 0) is 11.3 Å². The Morgan fingerprint density at radius 3 is 2.80 bits per heavy atom. The van der Waals surface area contributed by atoms with Crippen molar-refractivity contribution in [1.29, 1.82) is 0 Å². The van der Waals surface area contributed by atoms with Crippen molar-refractivity contribution in [2.45, 2.75) is 44.2 Å². The van der Waals surface area contributed by atoms with Gasteiger partial charge in [0.15, 0.2) is 0 Å². The van der Waals surface area contributed by atoms with Crippen molar-refractivity contribution in [2.24, 2.45) is 0 Å². The summed E-state index contributed by atoms with van der Waals surface area (Å²) in [6.07, 6.45) is 6.75. The van der Waals surface area contributed by atoms with Crippen LogP contribution in [0.25, 0.3) is 0 Å². The van der Waals surface area contributed by atoms with E-state index in [1.807, 2.05) is 0 Å². The van der Waals surface area contributed by atoms with Gasteiger partial charge in [0, 0.05) is 6.54 Å².